The zero-order valence-corrected chi connectivity index (χ0v) is 25.6. The van der Waals surface area contributed by atoms with E-state index in [1.807, 2.05) is 67.6 Å². The summed E-state index contributed by atoms with van der Waals surface area (Å²) in [6, 6.07) is 20.2. The van der Waals surface area contributed by atoms with Crippen LogP contribution in [0.1, 0.15) is 24.5 Å². The minimum atomic E-state index is -0.143. The highest BCUT2D eigenvalue weighted by Gasteiger charge is 2.34. The predicted octanol–water partition coefficient (Wildman–Crippen LogP) is 6.21. The Balaban J connectivity index is 1.30. The van der Waals surface area contributed by atoms with Crippen molar-refractivity contribution in [2.24, 2.45) is 11.8 Å². The fraction of sp³-hybridized carbons (Fsp3) is 0.389. The average molecular weight is 588 g/mol. The Morgan fingerprint density at radius 2 is 1.74 bits per heavy atom. The third-order valence-electron chi connectivity index (χ3n) is 7.79. The van der Waals surface area contributed by atoms with Crippen LogP contribution >= 0.6 is 0 Å². The molecule has 1 aliphatic rings. The molecule has 230 valence electrons. The van der Waals surface area contributed by atoms with Crippen molar-refractivity contribution >= 4 is 10.8 Å². The van der Waals surface area contributed by atoms with Gasteiger partial charge >= 0.3 is 0 Å². The number of benzene rings is 3. The van der Waals surface area contributed by atoms with E-state index in [4.69, 9.17) is 23.7 Å². The fourth-order valence-electron chi connectivity index (χ4n) is 5.52. The van der Waals surface area contributed by atoms with E-state index in [9.17, 15) is 5.11 Å². The minimum Gasteiger partial charge on any atom is -0.496 e. The Labute approximate surface area is 255 Å². The van der Waals surface area contributed by atoms with Gasteiger partial charge in [-0.2, -0.15) is 0 Å². The summed E-state index contributed by atoms with van der Waals surface area (Å²) >= 11 is 0. The lowest BCUT2D eigenvalue weighted by molar-refractivity contribution is -0.0287. The van der Waals surface area contributed by atoms with E-state index in [1.165, 1.54) is 0 Å². The molecule has 3 aromatic rings. The largest absolute Gasteiger partial charge is 0.496 e. The Morgan fingerprint density at radius 1 is 0.953 bits per heavy atom. The van der Waals surface area contributed by atoms with Gasteiger partial charge in [-0.05, 0) is 53.8 Å². The molecule has 1 aliphatic heterocycles. The van der Waals surface area contributed by atoms with Crippen LogP contribution in [0.25, 0.3) is 10.8 Å². The van der Waals surface area contributed by atoms with Gasteiger partial charge < -0.3 is 34.1 Å². The van der Waals surface area contributed by atoms with E-state index in [0.717, 1.165) is 51.2 Å². The number of rotatable bonds is 16. The molecule has 3 atom stereocenters. The van der Waals surface area contributed by atoms with Crippen molar-refractivity contribution in [2.45, 2.75) is 32.7 Å². The molecule has 0 bridgehead atoms. The maximum Gasteiger partial charge on any atom is 0.127 e. The summed E-state index contributed by atoms with van der Waals surface area (Å²) in [5.41, 5.74) is 2.97. The van der Waals surface area contributed by atoms with Crippen LogP contribution in [0.5, 0.6) is 11.5 Å². The van der Waals surface area contributed by atoms with Crippen LogP contribution in [0.2, 0.25) is 0 Å². The number of methoxy groups -OCH3 is 2. The van der Waals surface area contributed by atoms with E-state index in [1.54, 1.807) is 14.2 Å². The zero-order valence-electron chi connectivity index (χ0n) is 25.6. The van der Waals surface area contributed by atoms with E-state index < -0.39 is 0 Å². The molecule has 1 fully saturated rings. The lowest BCUT2D eigenvalue weighted by Crippen LogP contribution is -2.49. The molecule has 0 unspecified atom stereocenters. The van der Waals surface area contributed by atoms with Crippen LogP contribution in [0.3, 0.4) is 0 Å². The van der Waals surface area contributed by atoms with Gasteiger partial charge in [-0.3, -0.25) is 0 Å². The Hall–Kier alpha value is -3.62. The van der Waals surface area contributed by atoms with Crippen LogP contribution in [-0.2, 0) is 27.4 Å². The van der Waals surface area contributed by atoms with E-state index in [-0.39, 0.29) is 24.5 Å². The number of fused-ring (bicyclic) bond motifs is 1. The summed E-state index contributed by atoms with van der Waals surface area (Å²) in [5.74, 6) is 2.39. The van der Waals surface area contributed by atoms with Gasteiger partial charge in [0, 0.05) is 48.9 Å². The van der Waals surface area contributed by atoms with Gasteiger partial charge in [-0.1, -0.05) is 55.1 Å². The quantitative estimate of drug-likeness (QED) is 0.117. The number of para-hydroxylation sites is 1. The van der Waals surface area contributed by atoms with Crippen LogP contribution in [0.4, 0.5) is 0 Å². The monoisotopic (exact) mass is 587 g/mol. The third-order valence-corrected chi connectivity index (χ3v) is 7.79. The summed E-state index contributed by atoms with van der Waals surface area (Å²) in [5, 5.41) is 15.8. The Bertz CT molecular complexity index is 1380. The number of nitrogens with one attached hydrogen (secondary N) is 1. The second kappa shape index (κ2) is 16.9. The molecule has 1 saturated heterocycles. The number of aliphatic hydroxyl groups is 1. The zero-order chi connectivity index (χ0) is 30.4. The first-order valence-corrected chi connectivity index (χ1v) is 14.9. The molecule has 0 amide bonds. The standard InChI is InChI=1S/C36H45NO6/c1-5-31(42-18-10-17-41-25-29-12-7-9-14-33(29)39-3)16-15-26(2)36-30(23-38)21-37-22-35(36)43-24-27-19-28-11-6-8-13-32(28)34(20-27)40-4/h5-9,11-16,19-20,30,35-38H,2,10,17-18,21-25H2,1,3-4H3/b16-15-,31-5+/t30-,35-,36-/m0/s1. The SMILES string of the molecule is C=C(/C=C\C(=C/C)OCCCOCc1ccccc1OC)[C@H]1[C@H](CO)CNC[C@@H]1OCc1cc(OC)c2ccccc2c1. The minimum absolute atomic E-state index is 0.00241. The first-order valence-electron chi connectivity index (χ1n) is 14.9. The molecule has 2 N–H and O–H groups in total. The maximum absolute atomic E-state index is 10.2. The lowest BCUT2D eigenvalue weighted by atomic mass is 9.79. The van der Waals surface area contributed by atoms with Gasteiger partial charge in [0.25, 0.3) is 0 Å². The summed E-state index contributed by atoms with van der Waals surface area (Å²) in [4.78, 5) is 0. The average Bonchev–Trinajstić information content (AvgIpc) is 3.05. The van der Waals surface area contributed by atoms with Crippen molar-refractivity contribution < 1.29 is 28.8 Å². The fourth-order valence-corrected chi connectivity index (χ4v) is 5.52. The van der Waals surface area contributed by atoms with Gasteiger partial charge in [-0.25, -0.2) is 0 Å². The molecule has 0 radical (unpaired) electrons. The first-order chi connectivity index (χ1) is 21.1. The summed E-state index contributed by atoms with van der Waals surface area (Å²) in [6.07, 6.45) is 6.49. The van der Waals surface area contributed by atoms with Gasteiger partial charge in [0.2, 0.25) is 0 Å². The molecule has 7 heteroatoms. The summed E-state index contributed by atoms with van der Waals surface area (Å²) in [6.45, 7) is 9.83. The number of allylic oxidation sites excluding steroid dienone is 3. The normalized spacial score (nSPS) is 19.1. The molecule has 0 aromatic heterocycles. The molecule has 7 nitrogen and oxygen atoms in total. The molecule has 0 aliphatic carbocycles. The molecule has 3 aromatic carbocycles. The smallest absolute Gasteiger partial charge is 0.127 e. The molecule has 0 saturated carbocycles. The number of aliphatic hydroxyl groups excluding tert-OH is 1. The van der Waals surface area contributed by atoms with Crippen LogP contribution in [0, 0.1) is 11.8 Å². The van der Waals surface area contributed by atoms with Gasteiger partial charge in [0.15, 0.2) is 0 Å². The third kappa shape index (κ3) is 8.94. The van der Waals surface area contributed by atoms with Crippen molar-refractivity contribution in [3.05, 3.63) is 108 Å². The van der Waals surface area contributed by atoms with E-state index >= 15 is 0 Å². The topological polar surface area (TPSA) is 78.4 Å². The molecular formula is C36H45NO6. The lowest BCUT2D eigenvalue weighted by Gasteiger charge is -2.38. The molecule has 0 spiro atoms. The van der Waals surface area contributed by atoms with Crippen molar-refractivity contribution in [3.63, 3.8) is 0 Å². The van der Waals surface area contributed by atoms with Gasteiger partial charge in [0.05, 0.1) is 46.8 Å². The van der Waals surface area contributed by atoms with Crippen molar-refractivity contribution in [1.82, 2.24) is 5.32 Å². The molecular weight excluding hydrogens is 542 g/mol. The maximum atomic E-state index is 10.2. The van der Waals surface area contributed by atoms with E-state index in [2.05, 4.69) is 30.1 Å². The highest BCUT2D eigenvalue weighted by molar-refractivity contribution is 5.89. The van der Waals surface area contributed by atoms with Crippen molar-refractivity contribution in [2.75, 3.05) is 47.1 Å². The summed E-state index contributed by atoms with van der Waals surface area (Å²) < 4.78 is 29.3. The van der Waals surface area contributed by atoms with Crippen LogP contribution in [-0.4, -0.2) is 58.3 Å². The van der Waals surface area contributed by atoms with Gasteiger partial charge in [0.1, 0.15) is 17.3 Å². The highest BCUT2D eigenvalue weighted by Crippen LogP contribution is 2.32. The second-order valence-corrected chi connectivity index (χ2v) is 10.7. The number of ether oxygens (including phenoxy) is 5. The van der Waals surface area contributed by atoms with Crippen LogP contribution < -0.4 is 14.8 Å². The summed E-state index contributed by atoms with van der Waals surface area (Å²) in [7, 11) is 3.36. The second-order valence-electron chi connectivity index (χ2n) is 10.7. The van der Waals surface area contributed by atoms with Gasteiger partial charge in [-0.15, -0.1) is 0 Å². The number of hydrogen-bond donors (Lipinski definition) is 2. The molecule has 1 heterocycles. The number of piperidine rings is 1. The number of hydrogen-bond acceptors (Lipinski definition) is 7. The van der Waals surface area contributed by atoms with Crippen LogP contribution in [0.15, 0.2) is 96.8 Å². The Morgan fingerprint density at radius 3 is 2.53 bits per heavy atom. The molecule has 4 rings (SSSR count). The van der Waals surface area contributed by atoms with E-state index in [0.29, 0.717) is 39.5 Å². The predicted molar refractivity (Wildman–Crippen MR) is 171 cm³/mol. The Kier molecular flexibility index (Phi) is 12.7. The van der Waals surface area contributed by atoms with Crippen molar-refractivity contribution in [1.29, 1.82) is 0 Å². The highest BCUT2D eigenvalue weighted by atomic mass is 16.5. The molecule has 43 heavy (non-hydrogen) atoms. The van der Waals surface area contributed by atoms with Crippen molar-refractivity contribution in [3.8, 4) is 11.5 Å². The first kappa shape index (κ1) is 32.3.